The number of allylic oxidation sites excluding steroid dienone is 1. The van der Waals surface area contributed by atoms with Gasteiger partial charge in [0.15, 0.2) is 11.5 Å². The first-order valence-electron chi connectivity index (χ1n) is 9.15. The molecule has 170 valence electrons. The van der Waals surface area contributed by atoms with Crippen molar-refractivity contribution in [1.29, 1.82) is 0 Å². The number of ether oxygens (including phenoxy) is 2. The van der Waals surface area contributed by atoms with Gasteiger partial charge in [0.05, 0.1) is 25.3 Å². The zero-order valence-electron chi connectivity index (χ0n) is 17.2. The molecule has 0 heterocycles. The number of rotatable bonds is 4. The van der Waals surface area contributed by atoms with Gasteiger partial charge in [0.1, 0.15) is 5.75 Å². The maximum Gasteiger partial charge on any atom is 0.416 e. The van der Waals surface area contributed by atoms with Crippen LogP contribution in [0.1, 0.15) is 23.6 Å². The van der Waals surface area contributed by atoms with Crippen LogP contribution in [0, 0.1) is 0 Å². The van der Waals surface area contributed by atoms with Crippen molar-refractivity contribution < 1.29 is 40.9 Å². The number of methoxy groups -OCH3 is 2. The fraction of sp³-hybridized carbons (Fsp3) is 0.217. The fourth-order valence-electron chi connectivity index (χ4n) is 3.48. The Labute approximate surface area is 179 Å². The number of alkyl halides is 6. The molecule has 0 aliphatic heterocycles. The minimum atomic E-state index is -5.01. The van der Waals surface area contributed by atoms with E-state index in [1.165, 1.54) is 39.3 Å². The largest absolute Gasteiger partial charge is 0.507 e. The zero-order valence-corrected chi connectivity index (χ0v) is 17.2. The van der Waals surface area contributed by atoms with E-state index in [-0.39, 0.29) is 50.8 Å². The molecule has 3 aromatic carbocycles. The van der Waals surface area contributed by atoms with E-state index < -0.39 is 23.5 Å². The van der Waals surface area contributed by atoms with Crippen LogP contribution in [0.4, 0.5) is 26.3 Å². The van der Waals surface area contributed by atoms with Crippen molar-refractivity contribution in [1.82, 2.24) is 0 Å². The molecule has 0 saturated carbocycles. The summed E-state index contributed by atoms with van der Waals surface area (Å²) in [6, 6.07) is 5.39. The molecule has 0 unspecified atom stereocenters. The van der Waals surface area contributed by atoms with E-state index in [4.69, 9.17) is 9.47 Å². The predicted octanol–water partition coefficient (Wildman–Crippen LogP) is 7.30. The van der Waals surface area contributed by atoms with Crippen molar-refractivity contribution in [3.8, 4) is 28.4 Å². The molecule has 1 N–H and O–H groups in total. The minimum absolute atomic E-state index is 0.0443. The third kappa shape index (κ3) is 4.19. The topological polar surface area (TPSA) is 38.7 Å². The Kier molecular flexibility index (Phi) is 5.80. The molecule has 0 fully saturated rings. The predicted molar refractivity (Wildman–Crippen MR) is 109 cm³/mol. The van der Waals surface area contributed by atoms with E-state index in [2.05, 4.69) is 6.58 Å². The maximum absolute atomic E-state index is 13.4. The van der Waals surface area contributed by atoms with Crippen LogP contribution in [0.5, 0.6) is 17.2 Å². The normalized spacial score (nSPS) is 12.2. The van der Waals surface area contributed by atoms with Gasteiger partial charge >= 0.3 is 12.4 Å². The minimum Gasteiger partial charge on any atom is -0.507 e. The standard InChI is InChI=1S/C23H18F6O3/c1-11(2)15-8-18(30)16-9-19(31-3)20(32-4)10-17(16)21(15)12-5-13(22(24,25)26)7-14(6-12)23(27,28)29/h5-10,30H,1H2,2-4H3. The highest BCUT2D eigenvalue weighted by Gasteiger charge is 2.37. The number of aromatic hydroxyl groups is 1. The number of hydrogen-bond acceptors (Lipinski definition) is 3. The summed E-state index contributed by atoms with van der Waals surface area (Å²) in [4.78, 5) is 0. The van der Waals surface area contributed by atoms with Crippen LogP contribution < -0.4 is 9.47 Å². The molecule has 0 amide bonds. The molecule has 0 atom stereocenters. The van der Waals surface area contributed by atoms with E-state index in [0.29, 0.717) is 17.7 Å². The van der Waals surface area contributed by atoms with Gasteiger partial charge in [-0.3, -0.25) is 0 Å². The van der Waals surface area contributed by atoms with Gasteiger partial charge in [-0.2, -0.15) is 26.3 Å². The van der Waals surface area contributed by atoms with Crippen LogP contribution in [-0.2, 0) is 12.4 Å². The zero-order chi connectivity index (χ0) is 24.0. The summed E-state index contributed by atoms with van der Waals surface area (Å²) in [5.74, 6) is 0.164. The van der Waals surface area contributed by atoms with Crippen LogP contribution in [0.25, 0.3) is 27.5 Å². The van der Waals surface area contributed by atoms with Crippen molar-refractivity contribution in [2.24, 2.45) is 0 Å². The number of phenols is 1. The van der Waals surface area contributed by atoms with Crippen molar-refractivity contribution in [3.05, 3.63) is 59.7 Å². The quantitative estimate of drug-likeness (QED) is 0.419. The summed E-state index contributed by atoms with van der Waals surface area (Å²) in [6.45, 7) is 5.30. The summed E-state index contributed by atoms with van der Waals surface area (Å²) in [5.41, 5.74) is -2.66. The molecule has 3 nitrogen and oxygen atoms in total. The number of fused-ring (bicyclic) bond motifs is 1. The van der Waals surface area contributed by atoms with Crippen molar-refractivity contribution in [2.45, 2.75) is 19.3 Å². The molecule has 9 heteroatoms. The van der Waals surface area contributed by atoms with Crippen molar-refractivity contribution >= 4 is 16.3 Å². The Hall–Kier alpha value is -3.36. The Morgan fingerprint density at radius 1 is 0.781 bits per heavy atom. The Morgan fingerprint density at radius 2 is 1.25 bits per heavy atom. The molecule has 0 radical (unpaired) electrons. The van der Waals surface area contributed by atoms with E-state index in [9.17, 15) is 31.4 Å². The second kappa shape index (κ2) is 7.96. The third-order valence-corrected chi connectivity index (χ3v) is 4.96. The molecule has 0 spiro atoms. The lowest BCUT2D eigenvalue weighted by atomic mass is 9.88. The fourth-order valence-corrected chi connectivity index (χ4v) is 3.48. The number of halogens is 6. The lowest BCUT2D eigenvalue weighted by Gasteiger charge is -2.20. The van der Waals surface area contributed by atoms with E-state index in [0.717, 1.165) is 0 Å². The molecule has 3 aromatic rings. The first-order chi connectivity index (χ1) is 14.8. The molecule has 0 aromatic heterocycles. The second-order valence-corrected chi connectivity index (χ2v) is 7.15. The lowest BCUT2D eigenvalue weighted by molar-refractivity contribution is -0.143. The highest BCUT2D eigenvalue weighted by atomic mass is 19.4. The summed E-state index contributed by atoms with van der Waals surface area (Å²) < 4.78 is 91.1. The SMILES string of the molecule is C=C(C)c1cc(O)c2cc(OC)c(OC)cc2c1-c1cc(C(F)(F)F)cc(C(F)(F)F)c1. The molecular weight excluding hydrogens is 438 g/mol. The Balaban J connectivity index is 2.53. The highest BCUT2D eigenvalue weighted by Crippen LogP contribution is 2.46. The average Bonchev–Trinajstić information content (AvgIpc) is 2.70. The first kappa shape index (κ1) is 23.3. The monoisotopic (exact) mass is 456 g/mol. The van der Waals surface area contributed by atoms with E-state index in [1.54, 1.807) is 0 Å². The highest BCUT2D eigenvalue weighted by molar-refractivity contribution is 6.06. The van der Waals surface area contributed by atoms with Gasteiger partial charge in [-0.25, -0.2) is 0 Å². The molecule has 0 saturated heterocycles. The number of phenolic OH excluding ortho intramolecular Hbond substituents is 1. The van der Waals surface area contributed by atoms with Crippen LogP contribution >= 0.6 is 0 Å². The second-order valence-electron chi connectivity index (χ2n) is 7.15. The van der Waals surface area contributed by atoms with Crippen LogP contribution in [0.3, 0.4) is 0 Å². The van der Waals surface area contributed by atoms with Gasteiger partial charge in [0.25, 0.3) is 0 Å². The summed E-state index contributed by atoms with van der Waals surface area (Å²) in [5, 5.41) is 10.9. The maximum atomic E-state index is 13.4. The summed E-state index contributed by atoms with van der Waals surface area (Å²) in [7, 11) is 2.68. The van der Waals surface area contributed by atoms with Gasteiger partial charge in [-0.15, -0.1) is 0 Å². The van der Waals surface area contributed by atoms with Gasteiger partial charge < -0.3 is 14.6 Å². The van der Waals surface area contributed by atoms with Gasteiger partial charge in [0, 0.05) is 5.39 Å². The molecule has 3 rings (SSSR count). The van der Waals surface area contributed by atoms with Crippen LogP contribution in [-0.4, -0.2) is 19.3 Å². The summed E-state index contributed by atoms with van der Waals surface area (Å²) in [6.07, 6.45) is -10.0. The molecule has 0 bridgehead atoms. The van der Waals surface area contributed by atoms with Crippen molar-refractivity contribution in [2.75, 3.05) is 14.2 Å². The van der Waals surface area contributed by atoms with E-state index >= 15 is 0 Å². The number of hydrogen-bond donors (Lipinski definition) is 1. The van der Waals surface area contributed by atoms with Crippen molar-refractivity contribution in [3.63, 3.8) is 0 Å². The smallest absolute Gasteiger partial charge is 0.416 e. The first-order valence-corrected chi connectivity index (χ1v) is 9.15. The van der Waals surface area contributed by atoms with Gasteiger partial charge in [-0.05, 0) is 65.4 Å². The van der Waals surface area contributed by atoms with Gasteiger partial charge in [-0.1, -0.05) is 12.2 Å². The molecular formula is C23H18F6O3. The van der Waals surface area contributed by atoms with Gasteiger partial charge in [0.2, 0.25) is 0 Å². The number of benzene rings is 3. The molecule has 0 aliphatic rings. The Morgan fingerprint density at radius 3 is 1.66 bits per heavy atom. The third-order valence-electron chi connectivity index (χ3n) is 4.96. The van der Waals surface area contributed by atoms with Crippen LogP contribution in [0.15, 0.2) is 43.0 Å². The molecule has 0 aliphatic carbocycles. The summed E-state index contributed by atoms with van der Waals surface area (Å²) >= 11 is 0. The Bertz CT molecular complexity index is 1180. The van der Waals surface area contributed by atoms with E-state index in [1.807, 2.05) is 0 Å². The average molecular weight is 456 g/mol. The lowest BCUT2D eigenvalue weighted by Crippen LogP contribution is -2.11. The van der Waals surface area contributed by atoms with Crippen LogP contribution in [0.2, 0.25) is 0 Å². The molecule has 32 heavy (non-hydrogen) atoms.